The van der Waals surface area contributed by atoms with E-state index in [1.165, 1.54) is 0 Å². The summed E-state index contributed by atoms with van der Waals surface area (Å²) in [7, 11) is 1.88. The Labute approximate surface area is 187 Å². The summed E-state index contributed by atoms with van der Waals surface area (Å²) < 4.78 is 0. The summed E-state index contributed by atoms with van der Waals surface area (Å²) >= 11 is 0. The van der Waals surface area contributed by atoms with Gasteiger partial charge in [-0.15, -0.1) is 24.0 Å². The monoisotopic (exact) mass is 501 g/mol. The minimum atomic E-state index is 0. The van der Waals surface area contributed by atoms with E-state index in [4.69, 9.17) is 0 Å². The molecule has 2 fully saturated rings. The second-order valence-corrected chi connectivity index (χ2v) is 8.73. The van der Waals surface area contributed by atoms with E-state index >= 15 is 0 Å². The van der Waals surface area contributed by atoms with Crippen LogP contribution in [-0.4, -0.2) is 84.1 Å². The first-order valence-corrected chi connectivity index (χ1v) is 10.1. The zero-order valence-corrected chi connectivity index (χ0v) is 20.3. The molecule has 0 atom stereocenters. The van der Waals surface area contributed by atoms with Gasteiger partial charge in [-0.05, 0) is 32.9 Å². The summed E-state index contributed by atoms with van der Waals surface area (Å²) in [5.41, 5.74) is 0.470. The summed E-state index contributed by atoms with van der Waals surface area (Å²) in [6, 6.07) is 1.86. The zero-order chi connectivity index (χ0) is 19.5. The minimum absolute atomic E-state index is 0. The van der Waals surface area contributed by atoms with Crippen LogP contribution >= 0.6 is 24.0 Å². The van der Waals surface area contributed by atoms with Crippen LogP contribution in [0.25, 0.3) is 0 Å². The van der Waals surface area contributed by atoms with Gasteiger partial charge in [-0.3, -0.25) is 9.89 Å². The molecule has 0 spiro atoms. The normalized spacial score (nSPS) is 21.7. The summed E-state index contributed by atoms with van der Waals surface area (Å²) in [5, 5.41) is 3.56. The van der Waals surface area contributed by atoms with Crippen LogP contribution in [0.15, 0.2) is 23.5 Å². The van der Waals surface area contributed by atoms with Crippen LogP contribution in [0.2, 0.25) is 0 Å². The van der Waals surface area contributed by atoms with Crippen LogP contribution in [0.5, 0.6) is 0 Å². The lowest BCUT2D eigenvalue weighted by Gasteiger charge is -2.62. The molecule has 0 bridgehead atoms. The fourth-order valence-electron chi connectivity index (χ4n) is 3.82. The van der Waals surface area contributed by atoms with Crippen LogP contribution in [0.4, 0.5) is 5.95 Å². The number of aromatic nitrogens is 2. The number of hydrogen-bond donors (Lipinski definition) is 1. The summed E-state index contributed by atoms with van der Waals surface area (Å²) in [6.07, 6.45) is 4.75. The van der Waals surface area contributed by atoms with E-state index in [0.717, 1.165) is 64.1 Å². The van der Waals surface area contributed by atoms with Gasteiger partial charge in [0, 0.05) is 69.7 Å². The first kappa shape index (κ1) is 23.1. The molecular formula is C20H36IN7. The Kier molecular flexibility index (Phi) is 7.89. The minimum Gasteiger partial charge on any atom is -0.356 e. The maximum atomic E-state index is 4.50. The van der Waals surface area contributed by atoms with Crippen molar-refractivity contribution in [2.75, 3.05) is 57.8 Å². The molecule has 3 rings (SSSR count). The number of aliphatic imine (C=N–C) groups is 1. The van der Waals surface area contributed by atoms with E-state index in [2.05, 4.69) is 62.7 Å². The lowest BCUT2D eigenvalue weighted by atomic mass is 9.65. The maximum Gasteiger partial charge on any atom is 0.225 e. The highest BCUT2D eigenvalue weighted by molar-refractivity contribution is 14.0. The van der Waals surface area contributed by atoms with E-state index in [9.17, 15) is 0 Å². The third-order valence-corrected chi connectivity index (χ3v) is 6.49. The highest BCUT2D eigenvalue weighted by Crippen LogP contribution is 2.46. The second-order valence-electron chi connectivity index (χ2n) is 8.73. The van der Waals surface area contributed by atoms with E-state index in [0.29, 0.717) is 5.41 Å². The number of hydrogen-bond acceptors (Lipinski definition) is 5. The molecule has 158 valence electrons. The molecule has 28 heavy (non-hydrogen) atoms. The predicted molar refractivity (Wildman–Crippen MR) is 127 cm³/mol. The Morgan fingerprint density at radius 3 is 2.29 bits per heavy atom. The topological polar surface area (TPSA) is 59.9 Å². The third-order valence-electron chi connectivity index (χ3n) is 6.49. The van der Waals surface area contributed by atoms with Gasteiger partial charge in [-0.25, -0.2) is 9.97 Å². The second kappa shape index (κ2) is 9.56. The molecule has 2 aliphatic heterocycles. The molecule has 0 unspecified atom stereocenters. The van der Waals surface area contributed by atoms with Crippen molar-refractivity contribution in [3.8, 4) is 0 Å². The van der Waals surface area contributed by atoms with Crippen molar-refractivity contribution in [1.29, 1.82) is 0 Å². The van der Waals surface area contributed by atoms with Crippen molar-refractivity contribution in [1.82, 2.24) is 25.1 Å². The number of guanidine groups is 1. The molecule has 2 aliphatic rings. The zero-order valence-electron chi connectivity index (χ0n) is 18.0. The number of likely N-dealkylation sites (tertiary alicyclic amines) is 1. The molecular weight excluding hydrogens is 465 g/mol. The first-order chi connectivity index (χ1) is 12.8. The molecule has 8 heteroatoms. The Hall–Kier alpha value is -1.16. The lowest BCUT2D eigenvalue weighted by molar-refractivity contribution is -0.0667. The van der Waals surface area contributed by atoms with Gasteiger partial charge < -0.3 is 15.1 Å². The quantitative estimate of drug-likeness (QED) is 0.289. The number of nitrogens with zero attached hydrogens (tertiary/aromatic N) is 6. The van der Waals surface area contributed by atoms with Crippen LogP contribution in [0.1, 0.15) is 34.1 Å². The van der Waals surface area contributed by atoms with Gasteiger partial charge in [0.1, 0.15) is 0 Å². The SMILES string of the molecule is CN=C(NCCCN1CCN(c2ncccn2)CC1)N1CC(C)(C)C1(C)C.I. The smallest absolute Gasteiger partial charge is 0.225 e. The largest absolute Gasteiger partial charge is 0.356 e. The number of piperazine rings is 1. The highest BCUT2D eigenvalue weighted by atomic mass is 127. The third kappa shape index (κ3) is 4.87. The standard InChI is InChI=1S/C20H35N7.HI/c1-19(2)16-27(20(19,3)4)17(21-5)22-10-7-11-25-12-14-26(15-13-25)18-23-8-6-9-24-18;/h6,8-9H,7,10-16H2,1-5H3,(H,21,22);1H. The molecule has 0 radical (unpaired) electrons. The van der Waals surface area contributed by atoms with Gasteiger partial charge in [0.05, 0.1) is 0 Å². The van der Waals surface area contributed by atoms with E-state index in [1.54, 1.807) is 0 Å². The summed E-state index contributed by atoms with van der Waals surface area (Å²) in [5.74, 6) is 1.88. The summed E-state index contributed by atoms with van der Waals surface area (Å²) in [6.45, 7) is 16.5. The van der Waals surface area contributed by atoms with Crippen LogP contribution < -0.4 is 10.2 Å². The molecule has 0 saturated carbocycles. The summed E-state index contributed by atoms with van der Waals surface area (Å²) in [4.78, 5) is 20.4. The molecule has 1 aromatic rings. The van der Waals surface area contributed by atoms with Gasteiger partial charge in [-0.2, -0.15) is 0 Å². The molecule has 1 N–H and O–H groups in total. The average molecular weight is 501 g/mol. The highest BCUT2D eigenvalue weighted by Gasteiger charge is 2.53. The molecule has 2 saturated heterocycles. The fraction of sp³-hybridized carbons (Fsp3) is 0.750. The molecule has 0 aliphatic carbocycles. The van der Waals surface area contributed by atoms with Crippen molar-refractivity contribution >= 4 is 35.9 Å². The predicted octanol–water partition coefficient (Wildman–Crippen LogP) is 2.30. The molecule has 0 amide bonds. The van der Waals surface area contributed by atoms with Crippen molar-refractivity contribution in [3.05, 3.63) is 18.5 Å². The average Bonchev–Trinajstić information content (AvgIpc) is 2.68. The molecule has 0 aromatic carbocycles. The number of halogens is 1. The Morgan fingerprint density at radius 2 is 1.75 bits per heavy atom. The van der Waals surface area contributed by atoms with Crippen LogP contribution in [0.3, 0.4) is 0 Å². The van der Waals surface area contributed by atoms with E-state index in [1.807, 2.05) is 25.5 Å². The van der Waals surface area contributed by atoms with Crippen molar-refractivity contribution < 1.29 is 0 Å². The van der Waals surface area contributed by atoms with Crippen molar-refractivity contribution in [2.24, 2.45) is 10.4 Å². The maximum absolute atomic E-state index is 4.50. The van der Waals surface area contributed by atoms with E-state index < -0.39 is 0 Å². The van der Waals surface area contributed by atoms with Gasteiger partial charge in [0.25, 0.3) is 0 Å². The van der Waals surface area contributed by atoms with Crippen molar-refractivity contribution in [2.45, 2.75) is 39.7 Å². The Bertz CT molecular complexity index is 639. The fourth-order valence-corrected chi connectivity index (χ4v) is 3.82. The van der Waals surface area contributed by atoms with Crippen LogP contribution in [0, 0.1) is 5.41 Å². The molecule has 3 heterocycles. The van der Waals surface area contributed by atoms with E-state index in [-0.39, 0.29) is 29.5 Å². The first-order valence-electron chi connectivity index (χ1n) is 10.1. The van der Waals surface area contributed by atoms with Gasteiger partial charge in [0.2, 0.25) is 5.95 Å². The van der Waals surface area contributed by atoms with Gasteiger partial charge >= 0.3 is 0 Å². The number of rotatable bonds is 5. The van der Waals surface area contributed by atoms with Crippen molar-refractivity contribution in [3.63, 3.8) is 0 Å². The Morgan fingerprint density at radius 1 is 1.11 bits per heavy atom. The molecule has 7 nitrogen and oxygen atoms in total. The number of anilines is 1. The molecule has 1 aromatic heterocycles. The Balaban J connectivity index is 0.00000280. The van der Waals surface area contributed by atoms with Gasteiger partial charge in [-0.1, -0.05) is 13.8 Å². The lowest BCUT2D eigenvalue weighted by Crippen LogP contribution is -2.72. The number of nitrogens with one attached hydrogen (secondary N) is 1. The van der Waals surface area contributed by atoms with Crippen LogP contribution in [-0.2, 0) is 0 Å². The van der Waals surface area contributed by atoms with Gasteiger partial charge in [0.15, 0.2) is 5.96 Å².